The van der Waals surface area contributed by atoms with Crippen LogP contribution in [0.2, 0.25) is 0 Å². The molecule has 2 saturated heterocycles. The molecule has 2 N–H and O–H groups in total. The highest BCUT2D eigenvalue weighted by molar-refractivity contribution is 5.85. The van der Waals surface area contributed by atoms with Gasteiger partial charge in [0.05, 0.1) is 0 Å². The van der Waals surface area contributed by atoms with Gasteiger partial charge in [0.25, 0.3) is 0 Å². The summed E-state index contributed by atoms with van der Waals surface area (Å²) in [6.45, 7) is 3.74. The number of rotatable bonds is 1. The van der Waals surface area contributed by atoms with Gasteiger partial charge in [-0.1, -0.05) is 0 Å². The van der Waals surface area contributed by atoms with Crippen molar-refractivity contribution in [1.82, 2.24) is 10.6 Å². The Morgan fingerprint density at radius 2 is 1.67 bits per heavy atom. The third-order valence-corrected chi connectivity index (χ3v) is 3.05. The second-order valence-electron chi connectivity index (χ2n) is 3.79. The van der Waals surface area contributed by atoms with Crippen LogP contribution in [0.4, 0.5) is 0 Å². The van der Waals surface area contributed by atoms with E-state index >= 15 is 0 Å². The Balaban J connectivity index is 0.000000720. The van der Waals surface area contributed by atoms with Gasteiger partial charge in [-0.05, 0) is 51.2 Å². The van der Waals surface area contributed by atoms with Gasteiger partial charge in [-0.3, -0.25) is 0 Å². The van der Waals surface area contributed by atoms with Crippen LogP contribution in [-0.2, 0) is 0 Å². The molecule has 2 fully saturated rings. The van der Waals surface area contributed by atoms with Crippen LogP contribution in [0.5, 0.6) is 0 Å². The maximum Gasteiger partial charge on any atom is 0.00967 e. The molecule has 0 aliphatic carbocycles. The van der Waals surface area contributed by atoms with Gasteiger partial charge in [-0.25, -0.2) is 0 Å². The molecule has 0 bridgehead atoms. The van der Waals surface area contributed by atoms with Crippen molar-refractivity contribution in [1.29, 1.82) is 0 Å². The smallest absolute Gasteiger partial charge is 0.00967 e. The third-order valence-electron chi connectivity index (χ3n) is 3.05. The van der Waals surface area contributed by atoms with Crippen molar-refractivity contribution in [2.45, 2.75) is 31.7 Å². The van der Waals surface area contributed by atoms with E-state index in [-0.39, 0.29) is 12.4 Å². The Labute approximate surface area is 80.9 Å². The lowest BCUT2D eigenvalue weighted by Crippen LogP contribution is -2.38. The highest BCUT2D eigenvalue weighted by Gasteiger charge is 2.25. The third kappa shape index (κ3) is 2.35. The van der Waals surface area contributed by atoms with E-state index in [0.717, 1.165) is 12.0 Å². The minimum Gasteiger partial charge on any atom is -0.317 e. The summed E-state index contributed by atoms with van der Waals surface area (Å²) in [6, 6.07) is 0.858. The van der Waals surface area contributed by atoms with Crippen LogP contribution in [0.25, 0.3) is 0 Å². The summed E-state index contributed by atoms with van der Waals surface area (Å²) in [6.07, 6.45) is 5.59. The summed E-state index contributed by atoms with van der Waals surface area (Å²) in [5.74, 6) is 0.971. The van der Waals surface area contributed by atoms with E-state index in [4.69, 9.17) is 0 Å². The zero-order valence-corrected chi connectivity index (χ0v) is 8.33. The largest absolute Gasteiger partial charge is 0.317 e. The Kier molecular flexibility index (Phi) is 4.33. The molecule has 1 unspecified atom stereocenters. The standard InChI is InChI=1S/C9H18N2.ClH/c1-2-9(11-5-1)8-3-6-10-7-4-8;/h8-11H,1-7H2;1H. The van der Waals surface area contributed by atoms with E-state index in [1.54, 1.807) is 0 Å². The Hall–Kier alpha value is 0.210. The summed E-state index contributed by atoms with van der Waals surface area (Å²) in [5.41, 5.74) is 0. The Bertz CT molecular complexity index is 118. The molecular formula is C9H19ClN2. The second-order valence-corrected chi connectivity index (χ2v) is 3.79. The zero-order chi connectivity index (χ0) is 7.52. The number of hydrogen-bond acceptors (Lipinski definition) is 2. The van der Waals surface area contributed by atoms with E-state index in [1.807, 2.05) is 0 Å². The topological polar surface area (TPSA) is 24.1 Å². The van der Waals surface area contributed by atoms with Crippen LogP contribution >= 0.6 is 12.4 Å². The molecule has 0 amide bonds. The van der Waals surface area contributed by atoms with Crippen LogP contribution in [0.1, 0.15) is 25.7 Å². The number of hydrogen-bond donors (Lipinski definition) is 2. The zero-order valence-electron chi connectivity index (χ0n) is 7.51. The van der Waals surface area contributed by atoms with Gasteiger partial charge in [-0.2, -0.15) is 0 Å². The molecule has 2 rings (SSSR count). The van der Waals surface area contributed by atoms with Crippen molar-refractivity contribution >= 4 is 12.4 Å². The lowest BCUT2D eigenvalue weighted by Gasteiger charge is -2.27. The van der Waals surface area contributed by atoms with Crippen molar-refractivity contribution < 1.29 is 0 Å². The van der Waals surface area contributed by atoms with Gasteiger partial charge in [0.15, 0.2) is 0 Å². The Morgan fingerprint density at radius 1 is 0.917 bits per heavy atom. The molecule has 2 aliphatic rings. The average molecular weight is 191 g/mol. The fourth-order valence-electron chi connectivity index (χ4n) is 2.36. The lowest BCUT2D eigenvalue weighted by atomic mass is 9.89. The van der Waals surface area contributed by atoms with E-state index < -0.39 is 0 Å². The number of nitrogens with one attached hydrogen (secondary N) is 2. The first-order valence-corrected chi connectivity index (χ1v) is 4.91. The van der Waals surface area contributed by atoms with Crippen LogP contribution in [0.3, 0.4) is 0 Å². The fraction of sp³-hybridized carbons (Fsp3) is 1.00. The first kappa shape index (κ1) is 10.3. The number of halogens is 1. The maximum absolute atomic E-state index is 3.60. The van der Waals surface area contributed by atoms with E-state index in [1.165, 1.54) is 45.3 Å². The van der Waals surface area contributed by atoms with Crippen molar-refractivity contribution in [3.63, 3.8) is 0 Å². The molecule has 2 nitrogen and oxygen atoms in total. The van der Waals surface area contributed by atoms with Crippen molar-refractivity contribution in [3.8, 4) is 0 Å². The van der Waals surface area contributed by atoms with E-state index in [2.05, 4.69) is 10.6 Å². The maximum atomic E-state index is 3.60. The van der Waals surface area contributed by atoms with Crippen LogP contribution in [0, 0.1) is 5.92 Å². The summed E-state index contributed by atoms with van der Waals surface area (Å²) in [7, 11) is 0. The summed E-state index contributed by atoms with van der Waals surface area (Å²) in [4.78, 5) is 0. The van der Waals surface area contributed by atoms with Gasteiger partial charge >= 0.3 is 0 Å². The molecule has 0 aromatic heterocycles. The molecule has 3 heteroatoms. The molecule has 0 aromatic carbocycles. The molecule has 2 heterocycles. The molecule has 0 spiro atoms. The van der Waals surface area contributed by atoms with Gasteiger partial charge in [-0.15, -0.1) is 12.4 Å². The molecule has 72 valence electrons. The van der Waals surface area contributed by atoms with E-state index in [0.29, 0.717) is 0 Å². The summed E-state index contributed by atoms with van der Waals surface area (Å²) >= 11 is 0. The van der Waals surface area contributed by atoms with Crippen molar-refractivity contribution in [2.24, 2.45) is 5.92 Å². The predicted molar refractivity (Wildman–Crippen MR) is 53.9 cm³/mol. The van der Waals surface area contributed by atoms with Crippen molar-refractivity contribution in [3.05, 3.63) is 0 Å². The highest BCUT2D eigenvalue weighted by atomic mass is 35.5. The molecule has 0 saturated carbocycles. The average Bonchev–Trinajstić information content (AvgIpc) is 2.58. The lowest BCUT2D eigenvalue weighted by molar-refractivity contribution is 0.300. The van der Waals surface area contributed by atoms with Gasteiger partial charge < -0.3 is 10.6 Å². The van der Waals surface area contributed by atoms with Crippen LogP contribution in [-0.4, -0.2) is 25.7 Å². The highest BCUT2D eigenvalue weighted by Crippen LogP contribution is 2.22. The van der Waals surface area contributed by atoms with Crippen LogP contribution < -0.4 is 10.6 Å². The van der Waals surface area contributed by atoms with E-state index in [9.17, 15) is 0 Å². The van der Waals surface area contributed by atoms with Gasteiger partial charge in [0, 0.05) is 6.04 Å². The quantitative estimate of drug-likeness (QED) is 0.649. The second kappa shape index (κ2) is 5.05. The normalized spacial score (nSPS) is 31.5. The summed E-state index contributed by atoms with van der Waals surface area (Å²) < 4.78 is 0. The molecule has 2 aliphatic heterocycles. The monoisotopic (exact) mass is 190 g/mol. The van der Waals surface area contributed by atoms with Crippen molar-refractivity contribution in [2.75, 3.05) is 19.6 Å². The van der Waals surface area contributed by atoms with Crippen LogP contribution in [0.15, 0.2) is 0 Å². The minimum atomic E-state index is 0. The molecule has 1 atom stereocenters. The Morgan fingerprint density at radius 3 is 2.25 bits per heavy atom. The predicted octanol–water partition coefficient (Wildman–Crippen LogP) is 1.16. The molecular weight excluding hydrogens is 172 g/mol. The first-order chi connectivity index (χ1) is 5.47. The SMILES string of the molecule is C1CNC(C2CCNCC2)C1.Cl. The first-order valence-electron chi connectivity index (χ1n) is 4.91. The van der Waals surface area contributed by atoms with Gasteiger partial charge in [0.2, 0.25) is 0 Å². The molecule has 0 aromatic rings. The van der Waals surface area contributed by atoms with Gasteiger partial charge in [0.1, 0.15) is 0 Å². The summed E-state index contributed by atoms with van der Waals surface area (Å²) in [5, 5.41) is 7.01. The fourth-order valence-corrected chi connectivity index (χ4v) is 2.36. The molecule has 12 heavy (non-hydrogen) atoms. The number of piperidine rings is 1. The minimum absolute atomic E-state index is 0. The molecule has 0 radical (unpaired) electrons.